The first-order valence-corrected chi connectivity index (χ1v) is 9.36. The minimum Gasteiger partial charge on any atom is -0.336 e. The van der Waals surface area contributed by atoms with Crippen molar-refractivity contribution in [1.82, 2.24) is 25.0 Å². The molecule has 1 aromatic heterocycles. The SMILES string of the molecule is Cc1nc(CN2C[C@@H](F)C[C@H]2CN(C)CC(=O)N2CCNC2=O)cs1. The molecule has 0 radical (unpaired) electrons. The lowest BCUT2D eigenvalue weighted by Gasteiger charge is -2.28. The summed E-state index contributed by atoms with van der Waals surface area (Å²) in [7, 11) is 1.84. The maximum Gasteiger partial charge on any atom is 0.324 e. The molecule has 3 heterocycles. The maximum atomic E-state index is 13.9. The second-order valence-electron chi connectivity index (χ2n) is 6.75. The molecule has 2 saturated heterocycles. The Bertz CT molecular complexity index is 640. The number of nitrogens with zero attached hydrogens (tertiary/aromatic N) is 4. The van der Waals surface area contributed by atoms with Gasteiger partial charge in [-0.05, 0) is 20.4 Å². The molecule has 1 N–H and O–H groups in total. The zero-order valence-electron chi connectivity index (χ0n) is 14.6. The first-order valence-electron chi connectivity index (χ1n) is 8.48. The topological polar surface area (TPSA) is 68.8 Å². The first-order chi connectivity index (χ1) is 11.9. The number of halogens is 1. The molecule has 2 fully saturated rings. The van der Waals surface area contributed by atoms with Crippen molar-refractivity contribution >= 4 is 23.3 Å². The van der Waals surface area contributed by atoms with E-state index in [0.29, 0.717) is 39.1 Å². The van der Waals surface area contributed by atoms with Crippen LogP contribution in [0.4, 0.5) is 9.18 Å². The van der Waals surface area contributed by atoms with Gasteiger partial charge in [-0.1, -0.05) is 0 Å². The summed E-state index contributed by atoms with van der Waals surface area (Å²) in [4.78, 5) is 33.4. The molecule has 2 aliphatic heterocycles. The number of amides is 3. The Hall–Kier alpha value is -1.58. The Morgan fingerprint density at radius 1 is 1.56 bits per heavy atom. The van der Waals surface area contributed by atoms with Crippen LogP contribution in [0.3, 0.4) is 0 Å². The van der Waals surface area contributed by atoms with E-state index in [1.807, 2.05) is 24.3 Å². The summed E-state index contributed by atoms with van der Waals surface area (Å²) in [5, 5.41) is 5.64. The van der Waals surface area contributed by atoms with Gasteiger partial charge in [0.2, 0.25) is 5.91 Å². The van der Waals surface area contributed by atoms with Crippen molar-refractivity contribution in [3.63, 3.8) is 0 Å². The van der Waals surface area contributed by atoms with E-state index in [1.54, 1.807) is 11.3 Å². The molecule has 0 aliphatic carbocycles. The second kappa shape index (κ2) is 7.76. The molecule has 2 aliphatic rings. The van der Waals surface area contributed by atoms with Gasteiger partial charge in [0.1, 0.15) is 6.17 Å². The van der Waals surface area contributed by atoms with Crippen LogP contribution in [0.2, 0.25) is 0 Å². The molecular formula is C16H24FN5O2S. The van der Waals surface area contributed by atoms with E-state index in [-0.39, 0.29) is 24.5 Å². The van der Waals surface area contributed by atoms with Gasteiger partial charge in [0, 0.05) is 44.1 Å². The first kappa shape index (κ1) is 18.2. The van der Waals surface area contributed by atoms with Crippen LogP contribution in [0.1, 0.15) is 17.1 Å². The average molecular weight is 369 g/mol. The molecule has 0 saturated carbocycles. The van der Waals surface area contributed by atoms with Gasteiger partial charge in [-0.15, -0.1) is 11.3 Å². The van der Waals surface area contributed by atoms with Crippen LogP contribution >= 0.6 is 11.3 Å². The van der Waals surface area contributed by atoms with Gasteiger partial charge in [0.05, 0.1) is 17.2 Å². The van der Waals surface area contributed by atoms with Gasteiger partial charge < -0.3 is 5.32 Å². The predicted molar refractivity (Wildman–Crippen MR) is 93.2 cm³/mol. The molecular weight excluding hydrogens is 345 g/mol. The summed E-state index contributed by atoms with van der Waals surface area (Å²) in [6.07, 6.45) is -0.385. The predicted octanol–water partition coefficient (Wildman–Crippen LogP) is 0.848. The van der Waals surface area contributed by atoms with Crippen LogP contribution in [0.15, 0.2) is 5.38 Å². The summed E-state index contributed by atoms with van der Waals surface area (Å²) < 4.78 is 13.9. The van der Waals surface area contributed by atoms with Crippen LogP contribution < -0.4 is 5.32 Å². The summed E-state index contributed by atoms with van der Waals surface area (Å²) in [6, 6.07) is -0.286. The zero-order chi connectivity index (χ0) is 18.0. The molecule has 7 nitrogen and oxygen atoms in total. The highest BCUT2D eigenvalue weighted by molar-refractivity contribution is 7.09. The monoisotopic (exact) mass is 369 g/mol. The van der Waals surface area contributed by atoms with E-state index >= 15 is 0 Å². The summed E-state index contributed by atoms with van der Waals surface area (Å²) in [6.45, 7) is 4.65. The van der Waals surface area contributed by atoms with Gasteiger partial charge in [0.25, 0.3) is 0 Å². The molecule has 25 heavy (non-hydrogen) atoms. The molecule has 0 aromatic carbocycles. The van der Waals surface area contributed by atoms with E-state index in [0.717, 1.165) is 10.7 Å². The third-order valence-corrected chi connectivity index (χ3v) is 5.42. The van der Waals surface area contributed by atoms with E-state index in [2.05, 4.69) is 15.2 Å². The van der Waals surface area contributed by atoms with Crippen LogP contribution in [0, 0.1) is 6.92 Å². The lowest BCUT2D eigenvalue weighted by molar-refractivity contribution is -0.128. The number of hydrogen-bond donors (Lipinski definition) is 1. The van der Waals surface area contributed by atoms with Crippen molar-refractivity contribution in [3.8, 4) is 0 Å². The highest BCUT2D eigenvalue weighted by atomic mass is 32.1. The minimum absolute atomic E-state index is 0.0437. The normalized spacial score (nSPS) is 24.3. The number of likely N-dealkylation sites (N-methyl/N-ethyl adjacent to an activating group) is 1. The maximum absolute atomic E-state index is 13.9. The number of carbonyl (C=O) groups excluding carboxylic acids is 2. The molecule has 0 spiro atoms. The molecule has 2 atom stereocenters. The number of rotatable bonds is 6. The average Bonchev–Trinajstić information content (AvgIpc) is 3.21. The van der Waals surface area contributed by atoms with Crippen molar-refractivity contribution < 1.29 is 14.0 Å². The fraction of sp³-hybridized carbons (Fsp3) is 0.688. The Morgan fingerprint density at radius 3 is 3.00 bits per heavy atom. The van der Waals surface area contributed by atoms with Crippen molar-refractivity contribution in [3.05, 3.63) is 16.1 Å². The quantitative estimate of drug-likeness (QED) is 0.805. The number of aryl methyl sites for hydroxylation is 1. The zero-order valence-corrected chi connectivity index (χ0v) is 15.4. The molecule has 3 amide bonds. The number of alkyl halides is 1. The molecule has 9 heteroatoms. The Balaban J connectivity index is 1.54. The van der Waals surface area contributed by atoms with Gasteiger partial charge in [-0.25, -0.2) is 14.2 Å². The number of hydrogen-bond acceptors (Lipinski definition) is 6. The molecule has 0 bridgehead atoms. The Morgan fingerprint density at radius 2 is 2.36 bits per heavy atom. The van der Waals surface area contributed by atoms with Crippen molar-refractivity contribution in [2.75, 3.05) is 39.8 Å². The fourth-order valence-electron chi connectivity index (χ4n) is 3.45. The summed E-state index contributed by atoms with van der Waals surface area (Å²) in [5.41, 5.74) is 0.967. The van der Waals surface area contributed by atoms with Crippen LogP contribution in [0.5, 0.6) is 0 Å². The molecule has 1 aromatic rings. The van der Waals surface area contributed by atoms with Crippen molar-refractivity contribution in [1.29, 1.82) is 0 Å². The molecule has 0 unspecified atom stereocenters. The van der Waals surface area contributed by atoms with Crippen molar-refractivity contribution in [2.45, 2.75) is 32.1 Å². The Labute approximate surface area is 150 Å². The van der Waals surface area contributed by atoms with Crippen LogP contribution in [-0.4, -0.2) is 83.6 Å². The number of thiazole rings is 1. The van der Waals surface area contributed by atoms with Gasteiger partial charge in [-0.2, -0.15) is 0 Å². The summed E-state index contributed by atoms with van der Waals surface area (Å²) >= 11 is 1.60. The lowest BCUT2D eigenvalue weighted by atomic mass is 10.2. The molecule has 3 rings (SSSR count). The smallest absolute Gasteiger partial charge is 0.324 e. The number of likely N-dealkylation sites (tertiary alicyclic amines) is 1. The summed E-state index contributed by atoms with van der Waals surface area (Å²) in [5.74, 6) is -0.214. The number of imide groups is 1. The Kier molecular flexibility index (Phi) is 5.65. The van der Waals surface area contributed by atoms with Crippen LogP contribution in [0.25, 0.3) is 0 Å². The number of urea groups is 1. The highest BCUT2D eigenvalue weighted by Gasteiger charge is 2.34. The third kappa shape index (κ3) is 4.53. The van der Waals surface area contributed by atoms with Gasteiger partial charge in [0.15, 0.2) is 0 Å². The number of nitrogens with one attached hydrogen (secondary N) is 1. The van der Waals surface area contributed by atoms with E-state index in [1.165, 1.54) is 4.90 Å². The standard InChI is InChI=1S/C16H24FN5O2S/c1-11-19-13(10-25-11)7-21-6-12(17)5-14(21)8-20(2)9-15(23)22-4-3-18-16(22)24/h10,12,14H,3-9H2,1-2H3,(H,18,24)/t12-,14-/m0/s1. The van der Waals surface area contributed by atoms with Gasteiger partial charge in [-0.3, -0.25) is 19.5 Å². The van der Waals surface area contributed by atoms with Gasteiger partial charge >= 0.3 is 6.03 Å². The molecule has 138 valence electrons. The number of aromatic nitrogens is 1. The van der Waals surface area contributed by atoms with E-state index in [9.17, 15) is 14.0 Å². The second-order valence-corrected chi connectivity index (χ2v) is 7.81. The van der Waals surface area contributed by atoms with E-state index < -0.39 is 6.17 Å². The largest absolute Gasteiger partial charge is 0.336 e. The van der Waals surface area contributed by atoms with E-state index in [4.69, 9.17) is 0 Å². The number of carbonyl (C=O) groups is 2. The minimum atomic E-state index is -0.849. The lowest BCUT2D eigenvalue weighted by Crippen LogP contribution is -2.44. The van der Waals surface area contributed by atoms with Crippen molar-refractivity contribution in [2.24, 2.45) is 0 Å². The third-order valence-electron chi connectivity index (χ3n) is 4.59. The highest BCUT2D eigenvalue weighted by Crippen LogP contribution is 2.24. The van der Waals surface area contributed by atoms with Crippen LogP contribution in [-0.2, 0) is 11.3 Å². The fourth-order valence-corrected chi connectivity index (χ4v) is 4.05.